The Morgan fingerprint density at radius 1 is 1.26 bits per heavy atom. The smallest absolute Gasteiger partial charge is 0.241 e. The van der Waals surface area contributed by atoms with Crippen LogP contribution in [0.5, 0.6) is 0 Å². The number of aromatic nitrogens is 2. The van der Waals surface area contributed by atoms with E-state index in [4.69, 9.17) is 5.73 Å². The van der Waals surface area contributed by atoms with Crippen molar-refractivity contribution in [1.82, 2.24) is 15.5 Å². The van der Waals surface area contributed by atoms with Gasteiger partial charge in [0.25, 0.3) is 0 Å². The number of carbonyl (C=O) groups excluding carboxylic acids is 1. The van der Waals surface area contributed by atoms with E-state index < -0.39 is 6.04 Å². The molecule has 1 unspecified atom stereocenters. The van der Waals surface area contributed by atoms with E-state index in [0.717, 1.165) is 21.1 Å². The Balaban J connectivity index is 0.00000264. The molecule has 2 rings (SSSR count). The normalized spacial score (nSPS) is 12.4. The molecule has 5 nitrogen and oxygen atoms in total. The molecule has 2 aromatic rings. The second-order valence-electron chi connectivity index (χ2n) is 6.36. The summed E-state index contributed by atoms with van der Waals surface area (Å²) < 4.78 is 0. The number of benzene rings is 1. The number of nitrogens with one attached hydrogen (secondary N) is 1. The lowest BCUT2D eigenvalue weighted by atomic mass is 9.98. The number of hydrogen-bond donors (Lipinski definition) is 2. The summed E-state index contributed by atoms with van der Waals surface area (Å²) in [7, 11) is 0. The number of rotatable bonds is 4. The van der Waals surface area contributed by atoms with Gasteiger partial charge in [-0.25, -0.2) is 0 Å². The molecule has 0 saturated carbocycles. The highest BCUT2D eigenvalue weighted by Gasteiger charge is 2.20. The molecule has 0 aliphatic carbocycles. The molecule has 7 heteroatoms. The molecule has 1 heterocycles. The molecule has 0 fully saturated rings. The molecule has 0 aliphatic heterocycles. The number of nitrogens with zero attached hydrogens (tertiary/aromatic N) is 2. The summed E-state index contributed by atoms with van der Waals surface area (Å²) in [5.74, 6) is -0.212. The second-order valence-corrected chi connectivity index (χ2v) is 7.42. The highest BCUT2D eigenvalue weighted by atomic mass is 35.5. The summed E-state index contributed by atoms with van der Waals surface area (Å²) in [6.07, 6.45) is 0. The Kier molecular flexibility index (Phi) is 6.68. The van der Waals surface area contributed by atoms with Crippen LogP contribution in [0.4, 0.5) is 0 Å². The van der Waals surface area contributed by atoms with Gasteiger partial charge in [0.2, 0.25) is 5.91 Å². The number of hydrogen-bond acceptors (Lipinski definition) is 5. The van der Waals surface area contributed by atoms with Crippen LogP contribution in [0.25, 0.3) is 0 Å². The number of aryl methyl sites for hydroxylation is 1. The minimum absolute atomic E-state index is 0. The maximum absolute atomic E-state index is 12.1. The third-order valence-corrected chi connectivity index (χ3v) is 4.59. The first kappa shape index (κ1) is 19.5. The molecule has 23 heavy (non-hydrogen) atoms. The molecule has 126 valence electrons. The van der Waals surface area contributed by atoms with Crippen LogP contribution in [0.2, 0.25) is 0 Å². The van der Waals surface area contributed by atoms with Gasteiger partial charge in [0.05, 0.1) is 6.54 Å². The zero-order valence-electron chi connectivity index (χ0n) is 13.8. The fourth-order valence-electron chi connectivity index (χ4n) is 1.83. The average molecular weight is 355 g/mol. The van der Waals surface area contributed by atoms with E-state index in [-0.39, 0.29) is 23.7 Å². The zero-order valence-corrected chi connectivity index (χ0v) is 15.4. The van der Waals surface area contributed by atoms with E-state index in [1.54, 1.807) is 0 Å². The van der Waals surface area contributed by atoms with Crippen LogP contribution >= 0.6 is 23.7 Å². The topological polar surface area (TPSA) is 80.9 Å². The van der Waals surface area contributed by atoms with Gasteiger partial charge in [0.15, 0.2) is 0 Å². The maximum atomic E-state index is 12.1. The van der Waals surface area contributed by atoms with Crippen molar-refractivity contribution in [3.05, 3.63) is 45.4 Å². The van der Waals surface area contributed by atoms with Crippen molar-refractivity contribution in [3.63, 3.8) is 0 Å². The van der Waals surface area contributed by atoms with E-state index in [0.29, 0.717) is 6.54 Å². The molecule has 1 atom stereocenters. The molecule has 0 aliphatic rings. The quantitative estimate of drug-likeness (QED) is 0.884. The summed E-state index contributed by atoms with van der Waals surface area (Å²) in [5, 5.41) is 12.8. The molecular formula is C16H23ClN4OS. The van der Waals surface area contributed by atoms with Crippen molar-refractivity contribution < 1.29 is 4.79 Å². The third-order valence-electron chi connectivity index (χ3n) is 3.24. The van der Waals surface area contributed by atoms with Crippen molar-refractivity contribution in [2.75, 3.05) is 0 Å². The van der Waals surface area contributed by atoms with Crippen molar-refractivity contribution >= 4 is 29.7 Å². The number of carbonyl (C=O) groups is 1. The fraction of sp³-hybridized carbons (Fsp3) is 0.438. The minimum Gasteiger partial charge on any atom is -0.348 e. The van der Waals surface area contributed by atoms with Crippen LogP contribution in [-0.2, 0) is 16.8 Å². The molecule has 0 saturated heterocycles. The Hall–Kier alpha value is -1.50. The van der Waals surface area contributed by atoms with Crippen molar-refractivity contribution in [3.8, 4) is 0 Å². The lowest BCUT2D eigenvalue weighted by Crippen LogP contribution is -2.33. The van der Waals surface area contributed by atoms with Crippen LogP contribution in [0.15, 0.2) is 24.3 Å². The monoisotopic (exact) mass is 354 g/mol. The Labute approximate surface area is 147 Å². The molecular weight excluding hydrogens is 332 g/mol. The van der Waals surface area contributed by atoms with E-state index in [9.17, 15) is 4.79 Å². The van der Waals surface area contributed by atoms with E-state index >= 15 is 0 Å². The maximum Gasteiger partial charge on any atom is 0.241 e. The van der Waals surface area contributed by atoms with Crippen LogP contribution in [0, 0.1) is 6.92 Å². The summed E-state index contributed by atoms with van der Waals surface area (Å²) in [6, 6.07) is 6.98. The number of amides is 1. The zero-order chi connectivity index (χ0) is 16.3. The molecule has 1 amide bonds. The molecule has 0 spiro atoms. The first-order valence-electron chi connectivity index (χ1n) is 7.20. The first-order chi connectivity index (χ1) is 10.3. The Bertz CT molecular complexity index is 649. The van der Waals surface area contributed by atoms with Gasteiger partial charge in [-0.15, -0.1) is 22.6 Å². The van der Waals surface area contributed by atoms with Crippen LogP contribution in [0.3, 0.4) is 0 Å². The summed E-state index contributed by atoms with van der Waals surface area (Å²) >= 11 is 1.51. The summed E-state index contributed by atoms with van der Waals surface area (Å²) in [5.41, 5.74) is 7.89. The molecule has 0 radical (unpaired) electrons. The van der Waals surface area contributed by atoms with Crippen LogP contribution < -0.4 is 11.1 Å². The molecule has 3 N–H and O–H groups in total. The van der Waals surface area contributed by atoms with Gasteiger partial charge < -0.3 is 11.1 Å². The minimum atomic E-state index is -0.671. The second kappa shape index (κ2) is 7.86. The van der Waals surface area contributed by atoms with Gasteiger partial charge in [-0.2, -0.15) is 0 Å². The Morgan fingerprint density at radius 3 is 2.39 bits per heavy atom. The van der Waals surface area contributed by atoms with E-state index in [1.807, 2.05) is 31.2 Å². The molecule has 0 bridgehead atoms. The van der Waals surface area contributed by atoms with Gasteiger partial charge in [-0.1, -0.05) is 61.9 Å². The van der Waals surface area contributed by atoms with Gasteiger partial charge in [0.1, 0.15) is 16.1 Å². The highest BCUT2D eigenvalue weighted by Crippen LogP contribution is 2.25. The molecule has 1 aromatic carbocycles. The van der Waals surface area contributed by atoms with Gasteiger partial charge in [-0.3, -0.25) is 4.79 Å². The number of halogens is 1. The third kappa shape index (κ3) is 5.27. The van der Waals surface area contributed by atoms with Crippen LogP contribution in [0.1, 0.15) is 48.0 Å². The highest BCUT2D eigenvalue weighted by molar-refractivity contribution is 7.11. The first-order valence-corrected chi connectivity index (χ1v) is 8.02. The number of nitrogens with two attached hydrogens (primary N) is 1. The lowest BCUT2D eigenvalue weighted by molar-refractivity contribution is -0.122. The van der Waals surface area contributed by atoms with E-state index in [1.165, 1.54) is 11.3 Å². The predicted octanol–water partition coefficient (Wildman–Crippen LogP) is 2.88. The SMILES string of the molecule is Cc1ccc(C(N)C(=O)NCc2nnc(C(C)(C)C)s2)cc1.Cl. The predicted molar refractivity (Wildman–Crippen MR) is 95.8 cm³/mol. The lowest BCUT2D eigenvalue weighted by Gasteiger charge is -2.13. The fourth-order valence-corrected chi connectivity index (χ4v) is 2.66. The standard InChI is InChI=1S/C16H22N4OS.ClH/c1-10-5-7-11(8-6-10)13(17)14(21)18-9-12-19-20-15(22-12)16(2,3)4;/h5-8,13H,9,17H2,1-4H3,(H,18,21);1H. The summed E-state index contributed by atoms with van der Waals surface area (Å²) in [4.78, 5) is 12.1. The molecule has 1 aromatic heterocycles. The van der Waals surface area contributed by atoms with Crippen molar-refractivity contribution in [1.29, 1.82) is 0 Å². The van der Waals surface area contributed by atoms with E-state index in [2.05, 4.69) is 36.3 Å². The van der Waals surface area contributed by atoms with Gasteiger partial charge >= 0.3 is 0 Å². The van der Waals surface area contributed by atoms with Gasteiger partial charge in [-0.05, 0) is 12.5 Å². The van der Waals surface area contributed by atoms with Gasteiger partial charge in [0, 0.05) is 5.41 Å². The Morgan fingerprint density at radius 2 is 1.87 bits per heavy atom. The van der Waals surface area contributed by atoms with Crippen molar-refractivity contribution in [2.24, 2.45) is 5.73 Å². The van der Waals surface area contributed by atoms with Crippen molar-refractivity contribution in [2.45, 2.75) is 45.7 Å². The summed E-state index contributed by atoms with van der Waals surface area (Å²) in [6.45, 7) is 8.61. The average Bonchev–Trinajstić information content (AvgIpc) is 2.94. The largest absolute Gasteiger partial charge is 0.348 e. The van der Waals surface area contributed by atoms with Crippen LogP contribution in [-0.4, -0.2) is 16.1 Å².